The number of likely N-dealkylation sites (tertiary alicyclic amines) is 1. The summed E-state index contributed by atoms with van der Waals surface area (Å²) in [6.45, 7) is 10.5. The van der Waals surface area contributed by atoms with E-state index >= 15 is 0 Å². The topological polar surface area (TPSA) is 158 Å². The van der Waals surface area contributed by atoms with Gasteiger partial charge in [-0.05, 0) is 74.3 Å². The number of hydrogen-bond acceptors (Lipinski definition) is 7. The van der Waals surface area contributed by atoms with Gasteiger partial charge < -0.3 is 35.6 Å². The number of Topliss-reactive ketones (excluding diaryl/α,β-unsaturated/α-hetero) is 1. The van der Waals surface area contributed by atoms with Crippen LogP contribution in [0.4, 0.5) is 10.5 Å². The Labute approximate surface area is 295 Å². The van der Waals surface area contributed by atoms with Crippen molar-refractivity contribution in [1.29, 1.82) is 0 Å². The highest BCUT2D eigenvalue weighted by atomic mass is 16.6. The number of nitrogens with one attached hydrogen (secondary N) is 4. The van der Waals surface area contributed by atoms with Crippen molar-refractivity contribution in [1.82, 2.24) is 20.9 Å². The Hall–Kier alpha value is -4.45. The lowest BCUT2D eigenvalue weighted by atomic mass is 9.93. The molecule has 2 heterocycles. The van der Waals surface area contributed by atoms with Crippen molar-refractivity contribution in [2.75, 3.05) is 32.1 Å². The van der Waals surface area contributed by atoms with Gasteiger partial charge in [-0.25, -0.2) is 4.79 Å². The van der Waals surface area contributed by atoms with E-state index in [9.17, 15) is 24.0 Å². The van der Waals surface area contributed by atoms with Crippen LogP contribution in [0.25, 0.3) is 0 Å². The summed E-state index contributed by atoms with van der Waals surface area (Å²) in [5, 5.41) is 11.6. The first-order valence-corrected chi connectivity index (χ1v) is 17.6. The van der Waals surface area contributed by atoms with Gasteiger partial charge in [0, 0.05) is 25.2 Å². The van der Waals surface area contributed by atoms with E-state index in [2.05, 4.69) is 21.3 Å². The zero-order valence-corrected chi connectivity index (χ0v) is 30.1. The van der Waals surface area contributed by atoms with E-state index in [1.807, 2.05) is 58.0 Å². The molecule has 2 aliphatic heterocycles. The van der Waals surface area contributed by atoms with Gasteiger partial charge in [-0.3, -0.25) is 19.2 Å². The Morgan fingerprint density at radius 3 is 2.06 bits per heavy atom. The number of carbonyl (C=O) groups excluding carboxylic acids is 5. The summed E-state index contributed by atoms with van der Waals surface area (Å²) in [5.41, 5.74) is 0.547. The van der Waals surface area contributed by atoms with E-state index in [1.165, 1.54) is 0 Å². The first-order valence-electron chi connectivity index (χ1n) is 17.6. The number of methoxy groups -OCH3 is 1. The molecule has 0 aromatic heterocycles. The lowest BCUT2D eigenvalue weighted by Crippen LogP contribution is -2.59. The molecule has 1 unspecified atom stereocenters. The van der Waals surface area contributed by atoms with Crippen molar-refractivity contribution in [3.63, 3.8) is 0 Å². The minimum absolute atomic E-state index is 0.0455. The Morgan fingerprint density at radius 1 is 0.860 bits per heavy atom. The van der Waals surface area contributed by atoms with Crippen LogP contribution in [0.3, 0.4) is 0 Å². The second-order valence-electron chi connectivity index (χ2n) is 14.5. The minimum Gasteiger partial charge on any atom is -0.497 e. The van der Waals surface area contributed by atoms with Crippen LogP contribution in [0.2, 0.25) is 0 Å². The van der Waals surface area contributed by atoms with Gasteiger partial charge in [-0.2, -0.15) is 0 Å². The highest BCUT2D eigenvalue weighted by molar-refractivity contribution is 5.98. The summed E-state index contributed by atoms with van der Waals surface area (Å²) in [4.78, 5) is 69.3. The number of nitrogens with zero attached hydrogens (tertiary/aromatic N) is 1. The number of ether oxygens (including phenoxy) is 2. The molecule has 12 heteroatoms. The van der Waals surface area contributed by atoms with Gasteiger partial charge >= 0.3 is 6.03 Å². The minimum atomic E-state index is -1.01. The molecule has 0 radical (unpaired) electrons. The van der Waals surface area contributed by atoms with Crippen molar-refractivity contribution >= 4 is 35.2 Å². The van der Waals surface area contributed by atoms with Crippen molar-refractivity contribution < 1.29 is 33.4 Å². The van der Waals surface area contributed by atoms with Gasteiger partial charge in [0.15, 0.2) is 5.78 Å². The molecule has 0 bridgehead atoms. The number of carbonyl (C=O) groups is 5. The first-order chi connectivity index (χ1) is 23.8. The van der Waals surface area contributed by atoms with Crippen LogP contribution in [0.15, 0.2) is 54.6 Å². The van der Waals surface area contributed by atoms with E-state index in [1.54, 1.807) is 43.2 Å². The quantitative estimate of drug-likeness (QED) is 0.193. The zero-order valence-electron chi connectivity index (χ0n) is 30.1. The molecule has 0 spiro atoms. The van der Waals surface area contributed by atoms with Crippen molar-refractivity contribution in [3.05, 3.63) is 60.2 Å². The highest BCUT2D eigenvalue weighted by Crippen LogP contribution is 2.30. The number of piperidine rings is 1. The fourth-order valence-corrected chi connectivity index (χ4v) is 6.16. The number of amides is 5. The average Bonchev–Trinajstić information content (AvgIpc) is 3.85. The molecule has 12 nitrogen and oxygen atoms in total. The van der Waals surface area contributed by atoms with Crippen LogP contribution >= 0.6 is 0 Å². The maximum atomic E-state index is 13.9. The monoisotopic (exact) mass is 691 g/mol. The van der Waals surface area contributed by atoms with Gasteiger partial charge in [0.25, 0.3) is 0 Å². The van der Waals surface area contributed by atoms with E-state index in [0.717, 1.165) is 5.56 Å². The van der Waals surface area contributed by atoms with Gasteiger partial charge in [0.1, 0.15) is 23.4 Å². The molecule has 2 aromatic rings. The molecular formula is C38H53N5O7. The SMILES string of the molecule is COc1ccc(NC(=O)C2CCCN(C(=O)N[C@@H](CC(C)C)C(=O)N[C@@H](Cc3ccccc3)C(=O)N[C@@H](CC(C)C)C(=O)[C@@]3(C)CO3)C2)cc1. The third-order valence-electron chi connectivity index (χ3n) is 9.11. The Morgan fingerprint density at radius 2 is 1.46 bits per heavy atom. The van der Waals surface area contributed by atoms with Crippen LogP contribution in [0, 0.1) is 17.8 Å². The molecule has 4 rings (SSSR count). The molecule has 272 valence electrons. The van der Waals surface area contributed by atoms with Gasteiger partial charge in [0.2, 0.25) is 17.7 Å². The smallest absolute Gasteiger partial charge is 0.318 e. The maximum Gasteiger partial charge on any atom is 0.318 e. The summed E-state index contributed by atoms with van der Waals surface area (Å²) in [6.07, 6.45) is 2.21. The molecule has 5 atom stereocenters. The van der Waals surface area contributed by atoms with Crippen molar-refractivity contribution in [3.8, 4) is 5.75 Å². The highest BCUT2D eigenvalue weighted by Gasteiger charge is 2.50. The molecule has 2 aromatic carbocycles. The molecule has 50 heavy (non-hydrogen) atoms. The largest absolute Gasteiger partial charge is 0.497 e. The number of urea groups is 1. The van der Waals surface area contributed by atoms with Crippen molar-refractivity contribution in [2.24, 2.45) is 17.8 Å². The summed E-state index contributed by atoms with van der Waals surface area (Å²) in [6, 6.07) is 13.2. The van der Waals surface area contributed by atoms with Crippen LogP contribution in [0.1, 0.15) is 65.9 Å². The molecule has 2 fully saturated rings. The molecule has 0 saturated carbocycles. The van der Waals surface area contributed by atoms with Crippen LogP contribution < -0.4 is 26.0 Å². The van der Waals surface area contributed by atoms with Gasteiger partial charge in [-0.1, -0.05) is 58.0 Å². The molecule has 4 N–H and O–H groups in total. The number of rotatable bonds is 16. The summed E-state index contributed by atoms with van der Waals surface area (Å²) in [5.74, 6) is -0.926. The van der Waals surface area contributed by atoms with Gasteiger partial charge in [0.05, 0.1) is 25.7 Å². The first kappa shape index (κ1) is 38.4. The predicted molar refractivity (Wildman–Crippen MR) is 191 cm³/mol. The van der Waals surface area contributed by atoms with Crippen LogP contribution in [-0.2, 0) is 30.3 Å². The Balaban J connectivity index is 1.44. The third kappa shape index (κ3) is 11.0. The molecular weight excluding hydrogens is 638 g/mol. The number of anilines is 1. The third-order valence-corrected chi connectivity index (χ3v) is 9.11. The Bertz CT molecular complexity index is 1480. The lowest BCUT2D eigenvalue weighted by molar-refractivity contribution is -0.133. The standard InChI is InChI=1S/C38H53N5O7/c1-24(2)19-30(33(44)38(5)23-50-38)40-36(47)32(21-26-11-8-7-9-12-26)41-35(46)31(20-25(3)4)42-37(48)43-18-10-13-27(22-43)34(45)39-28-14-16-29(49-6)17-15-28/h7-9,11-12,14-17,24-25,27,30-32H,10,13,18-23H2,1-6H3,(H,39,45)(H,40,47)(H,41,46)(H,42,48)/t27?,30-,31-,32-,38+/m0/s1. The summed E-state index contributed by atoms with van der Waals surface area (Å²) < 4.78 is 10.6. The van der Waals surface area contributed by atoms with E-state index < -0.39 is 47.5 Å². The molecule has 2 saturated heterocycles. The number of ketones is 1. The van der Waals surface area contributed by atoms with E-state index in [4.69, 9.17) is 9.47 Å². The Kier molecular flexibility index (Phi) is 13.4. The maximum absolute atomic E-state index is 13.9. The fourth-order valence-electron chi connectivity index (χ4n) is 6.16. The van der Waals surface area contributed by atoms with E-state index in [-0.39, 0.29) is 36.5 Å². The zero-order chi connectivity index (χ0) is 36.4. The summed E-state index contributed by atoms with van der Waals surface area (Å²) in [7, 11) is 1.57. The number of epoxide rings is 1. The van der Waals surface area contributed by atoms with Crippen LogP contribution in [0.5, 0.6) is 5.75 Å². The number of hydrogen-bond donors (Lipinski definition) is 4. The molecule has 0 aliphatic carbocycles. The summed E-state index contributed by atoms with van der Waals surface area (Å²) >= 11 is 0. The van der Waals surface area contributed by atoms with E-state index in [0.29, 0.717) is 50.3 Å². The normalized spacial score (nSPS) is 20.3. The van der Waals surface area contributed by atoms with Crippen molar-refractivity contribution in [2.45, 2.75) is 90.4 Å². The van der Waals surface area contributed by atoms with Gasteiger partial charge in [-0.15, -0.1) is 0 Å². The second-order valence-corrected chi connectivity index (χ2v) is 14.5. The molecule has 2 aliphatic rings. The second kappa shape index (κ2) is 17.5. The van der Waals surface area contributed by atoms with Crippen LogP contribution in [-0.4, -0.2) is 85.0 Å². The fraction of sp³-hybridized carbons (Fsp3) is 0.553. The lowest BCUT2D eigenvalue weighted by Gasteiger charge is -2.33. The molecule has 5 amide bonds. The predicted octanol–water partition coefficient (Wildman–Crippen LogP) is 4.09. The average molecular weight is 692 g/mol. The number of benzene rings is 2.